The van der Waals surface area contributed by atoms with Gasteiger partial charge in [0.2, 0.25) is 0 Å². The molecule has 20 heavy (non-hydrogen) atoms. The number of ether oxygens (including phenoxy) is 2. The van der Waals surface area contributed by atoms with Crippen molar-refractivity contribution in [2.24, 2.45) is 0 Å². The van der Waals surface area contributed by atoms with Crippen molar-refractivity contribution in [2.45, 2.75) is 0 Å². The van der Waals surface area contributed by atoms with E-state index in [1.54, 1.807) is 0 Å². The van der Waals surface area contributed by atoms with Crippen LogP contribution in [0, 0.1) is 11.6 Å². The molecule has 2 rings (SSSR count). The summed E-state index contributed by atoms with van der Waals surface area (Å²) in [6.07, 6.45) is 0. The smallest absolute Gasteiger partial charge is 0.359 e. The van der Waals surface area contributed by atoms with Crippen LogP contribution in [0.15, 0.2) is 18.2 Å². The van der Waals surface area contributed by atoms with Gasteiger partial charge in [0.15, 0.2) is 11.5 Å². The number of carbonyl (C=O) groups excluding carboxylic acids is 2. The number of hydrogen-bond donors (Lipinski definition) is 0. The van der Waals surface area contributed by atoms with Gasteiger partial charge < -0.3 is 9.47 Å². The first-order chi connectivity index (χ1) is 9.51. The van der Waals surface area contributed by atoms with E-state index in [0.29, 0.717) is 0 Å². The fourth-order valence-electron chi connectivity index (χ4n) is 1.78. The quantitative estimate of drug-likeness (QED) is 0.788. The highest BCUT2D eigenvalue weighted by Gasteiger charge is 2.27. The maximum atomic E-state index is 14.2. The highest BCUT2D eigenvalue weighted by Crippen LogP contribution is 2.26. The maximum Gasteiger partial charge on any atom is 0.359 e. The van der Waals surface area contributed by atoms with Crippen LogP contribution in [0.1, 0.15) is 20.8 Å². The monoisotopic (exact) mass is 281 g/mol. The lowest BCUT2D eigenvalue weighted by atomic mass is 10.1. The Bertz CT molecular complexity index is 715. The second kappa shape index (κ2) is 5.20. The van der Waals surface area contributed by atoms with Crippen LogP contribution in [-0.4, -0.2) is 31.1 Å². The van der Waals surface area contributed by atoms with Crippen LogP contribution >= 0.6 is 0 Å². The molecule has 0 aliphatic carbocycles. The molecule has 5 nitrogen and oxygen atoms in total. The zero-order chi connectivity index (χ0) is 14.9. The lowest BCUT2D eigenvalue weighted by Crippen LogP contribution is -2.15. The van der Waals surface area contributed by atoms with Gasteiger partial charge in [0, 0.05) is 0 Å². The van der Waals surface area contributed by atoms with Gasteiger partial charge in [0.05, 0.1) is 25.1 Å². The summed E-state index contributed by atoms with van der Waals surface area (Å²) in [4.78, 5) is 26.8. The van der Waals surface area contributed by atoms with Crippen LogP contribution < -0.4 is 0 Å². The molecule has 0 saturated carbocycles. The molecule has 7 heteroatoms. The Morgan fingerprint density at radius 1 is 1.10 bits per heavy atom. The minimum Gasteiger partial charge on any atom is -0.465 e. The van der Waals surface area contributed by atoms with E-state index >= 15 is 0 Å². The molecule has 1 aromatic heterocycles. The first kappa shape index (κ1) is 13.9. The van der Waals surface area contributed by atoms with E-state index in [-0.39, 0.29) is 10.9 Å². The molecular formula is C13H9F2NO4. The number of hydrogen-bond acceptors (Lipinski definition) is 5. The van der Waals surface area contributed by atoms with Crippen LogP contribution in [0.4, 0.5) is 8.78 Å². The largest absolute Gasteiger partial charge is 0.465 e. The number of fused-ring (bicyclic) bond motifs is 1. The van der Waals surface area contributed by atoms with E-state index < -0.39 is 34.8 Å². The summed E-state index contributed by atoms with van der Waals surface area (Å²) in [6.45, 7) is 0. The van der Waals surface area contributed by atoms with Gasteiger partial charge in [-0.2, -0.15) is 0 Å². The van der Waals surface area contributed by atoms with Crippen molar-refractivity contribution in [3.8, 4) is 0 Å². The molecule has 0 spiro atoms. The second-order valence-electron chi connectivity index (χ2n) is 3.77. The lowest BCUT2D eigenvalue weighted by Gasteiger charge is -2.09. The predicted molar refractivity (Wildman–Crippen MR) is 64.3 cm³/mol. The summed E-state index contributed by atoms with van der Waals surface area (Å²) in [5.41, 5.74) is -1.44. The Kier molecular flexibility index (Phi) is 3.60. The molecule has 1 heterocycles. The number of esters is 2. The highest BCUT2D eigenvalue weighted by atomic mass is 19.1. The molecule has 0 atom stereocenters. The van der Waals surface area contributed by atoms with Gasteiger partial charge in [0.1, 0.15) is 11.4 Å². The predicted octanol–water partition coefficient (Wildman–Crippen LogP) is 2.09. The molecule has 2 aromatic rings. The third-order valence-corrected chi connectivity index (χ3v) is 2.67. The number of methoxy groups -OCH3 is 2. The van der Waals surface area contributed by atoms with Gasteiger partial charge >= 0.3 is 11.9 Å². The fourth-order valence-corrected chi connectivity index (χ4v) is 1.78. The van der Waals surface area contributed by atoms with Gasteiger partial charge in [-0.25, -0.2) is 23.4 Å². The van der Waals surface area contributed by atoms with Gasteiger partial charge in [-0.1, -0.05) is 6.07 Å². The van der Waals surface area contributed by atoms with E-state index in [1.165, 1.54) is 12.1 Å². The summed E-state index contributed by atoms with van der Waals surface area (Å²) in [6, 6.07) is 3.72. The average molecular weight is 281 g/mol. The van der Waals surface area contributed by atoms with Crippen molar-refractivity contribution in [2.75, 3.05) is 14.2 Å². The molecule has 0 unspecified atom stereocenters. The van der Waals surface area contributed by atoms with Crippen LogP contribution in [-0.2, 0) is 9.47 Å². The van der Waals surface area contributed by atoms with E-state index in [1.807, 2.05) is 0 Å². The van der Waals surface area contributed by atoms with E-state index in [2.05, 4.69) is 14.5 Å². The van der Waals surface area contributed by atoms with Crippen molar-refractivity contribution < 1.29 is 27.8 Å². The summed E-state index contributed by atoms with van der Waals surface area (Å²) in [5.74, 6) is -4.30. The van der Waals surface area contributed by atoms with Gasteiger partial charge in [-0.05, 0) is 12.1 Å². The van der Waals surface area contributed by atoms with Crippen molar-refractivity contribution in [3.63, 3.8) is 0 Å². The van der Waals surface area contributed by atoms with Crippen LogP contribution in [0.2, 0.25) is 0 Å². The highest BCUT2D eigenvalue weighted by molar-refractivity contribution is 6.06. The Hall–Kier alpha value is -2.57. The number of rotatable bonds is 2. The zero-order valence-electron chi connectivity index (χ0n) is 10.6. The molecule has 0 amide bonds. The van der Waals surface area contributed by atoms with Crippen molar-refractivity contribution >= 4 is 22.8 Å². The summed E-state index contributed by atoms with van der Waals surface area (Å²) in [7, 11) is 2.06. The number of pyridine rings is 1. The minimum absolute atomic E-state index is 0.0489. The Morgan fingerprint density at radius 3 is 2.35 bits per heavy atom. The summed E-state index contributed by atoms with van der Waals surface area (Å²) >= 11 is 0. The van der Waals surface area contributed by atoms with Crippen molar-refractivity contribution in [1.82, 2.24) is 4.98 Å². The van der Waals surface area contributed by atoms with Crippen LogP contribution in [0.25, 0.3) is 10.9 Å². The van der Waals surface area contributed by atoms with Crippen LogP contribution in [0.5, 0.6) is 0 Å². The number of carbonyl (C=O) groups is 2. The minimum atomic E-state index is -1.28. The molecule has 0 fully saturated rings. The third kappa shape index (κ3) is 2.07. The van der Waals surface area contributed by atoms with Crippen molar-refractivity contribution in [3.05, 3.63) is 41.1 Å². The third-order valence-electron chi connectivity index (χ3n) is 2.67. The first-order valence-electron chi connectivity index (χ1n) is 5.45. The number of nitrogens with zero attached hydrogens (tertiary/aromatic N) is 1. The topological polar surface area (TPSA) is 65.5 Å². The number of halogens is 2. The standard InChI is InChI=1S/C13H9F2NO4/c1-19-12(17)9-8-6(14)4-3-5-7(8)16-11(10(9)15)13(18)20-2/h3-5H,1-2H3. The molecule has 0 radical (unpaired) electrons. The molecule has 0 aliphatic rings. The molecule has 1 aromatic carbocycles. The fraction of sp³-hybridized carbons (Fsp3) is 0.154. The van der Waals surface area contributed by atoms with E-state index in [4.69, 9.17) is 0 Å². The molecule has 104 valence electrons. The molecular weight excluding hydrogens is 272 g/mol. The lowest BCUT2D eigenvalue weighted by molar-refractivity contribution is 0.0584. The second-order valence-corrected chi connectivity index (χ2v) is 3.77. The Morgan fingerprint density at radius 2 is 1.75 bits per heavy atom. The van der Waals surface area contributed by atoms with Crippen LogP contribution in [0.3, 0.4) is 0 Å². The maximum absolute atomic E-state index is 14.2. The van der Waals surface area contributed by atoms with Crippen molar-refractivity contribution in [1.29, 1.82) is 0 Å². The zero-order valence-corrected chi connectivity index (χ0v) is 10.6. The molecule has 0 N–H and O–H groups in total. The summed E-state index contributed by atoms with van der Waals surface area (Å²) in [5, 5.41) is -0.343. The van der Waals surface area contributed by atoms with Gasteiger partial charge in [-0.3, -0.25) is 0 Å². The van der Waals surface area contributed by atoms with Gasteiger partial charge in [0.25, 0.3) is 0 Å². The van der Waals surface area contributed by atoms with E-state index in [9.17, 15) is 18.4 Å². The Labute approximate surface area is 112 Å². The number of benzene rings is 1. The SMILES string of the molecule is COC(=O)c1nc2cccc(F)c2c(C(=O)OC)c1F. The summed E-state index contributed by atoms with van der Waals surface area (Å²) < 4.78 is 36.8. The normalized spacial score (nSPS) is 10.4. The van der Waals surface area contributed by atoms with Gasteiger partial charge in [-0.15, -0.1) is 0 Å². The molecule has 0 saturated heterocycles. The first-order valence-corrected chi connectivity index (χ1v) is 5.45. The molecule has 0 aliphatic heterocycles. The Balaban J connectivity index is 2.93. The average Bonchev–Trinajstić information content (AvgIpc) is 2.46. The molecule has 0 bridgehead atoms. The van der Waals surface area contributed by atoms with E-state index in [0.717, 1.165) is 20.3 Å². The number of aromatic nitrogens is 1.